The van der Waals surface area contributed by atoms with E-state index in [9.17, 15) is 23.3 Å². The van der Waals surface area contributed by atoms with E-state index in [1.54, 1.807) is 13.8 Å². The van der Waals surface area contributed by atoms with E-state index >= 15 is 0 Å². The van der Waals surface area contributed by atoms with Gasteiger partial charge in [0.25, 0.3) is 11.6 Å². The zero-order valence-corrected chi connectivity index (χ0v) is 16.4. The molecule has 0 fully saturated rings. The number of halogens is 1. The van der Waals surface area contributed by atoms with Crippen molar-refractivity contribution in [2.45, 2.75) is 31.7 Å². The first-order valence-corrected chi connectivity index (χ1v) is 9.76. The Labute approximate surface area is 161 Å². The summed E-state index contributed by atoms with van der Waals surface area (Å²) in [6, 6.07) is 7.71. The van der Waals surface area contributed by atoms with E-state index in [2.05, 4.69) is 10.0 Å². The van der Waals surface area contributed by atoms with E-state index < -0.39 is 20.9 Å². The van der Waals surface area contributed by atoms with Gasteiger partial charge in [0.15, 0.2) is 0 Å². The Morgan fingerprint density at radius 2 is 1.89 bits per heavy atom. The van der Waals surface area contributed by atoms with Crippen LogP contribution >= 0.6 is 11.6 Å². The topological polar surface area (TPSA) is 118 Å². The van der Waals surface area contributed by atoms with Crippen molar-refractivity contribution in [2.24, 2.45) is 0 Å². The molecule has 0 bridgehead atoms. The van der Waals surface area contributed by atoms with Crippen LogP contribution in [0.3, 0.4) is 0 Å². The van der Waals surface area contributed by atoms with Gasteiger partial charge in [-0.15, -0.1) is 0 Å². The molecule has 2 aromatic carbocycles. The van der Waals surface area contributed by atoms with Crippen LogP contribution in [0.5, 0.6) is 0 Å². The minimum atomic E-state index is -3.81. The number of hydrogen-bond acceptors (Lipinski definition) is 5. The summed E-state index contributed by atoms with van der Waals surface area (Å²) in [6.45, 7) is 4.85. The van der Waals surface area contributed by atoms with Crippen LogP contribution in [0.15, 0.2) is 41.3 Å². The van der Waals surface area contributed by atoms with Crippen LogP contribution in [0, 0.1) is 17.0 Å². The van der Waals surface area contributed by atoms with Gasteiger partial charge in [0, 0.05) is 12.1 Å². The van der Waals surface area contributed by atoms with Gasteiger partial charge in [0.1, 0.15) is 0 Å². The van der Waals surface area contributed by atoms with Gasteiger partial charge in [-0.25, -0.2) is 13.1 Å². The number of sulfonamides is 1. The van der Waals surface area contributed by atoms with Gasteiger partial charge in [-0.2, -0.15) is 0 Å². The lowest BCUT2D eigenvalue weighted by molar-refractivity contribution is -0.385. The molecule has 0 spiro atoms. The molecule has 27 heavy (non-hydrogen) atoms. The molecule has 0 unspecified atom stereocenters. The molecule has 0 aliphatic rings. The molecule has 2 rings (SSSR count). The van der Waals surface area contributed by atoms with Crippen molar-refractivity contribution in [2.75, 3.05) is 5.32 Å². The van der Waals surface area contributed by atoms with E-state index in [1.165, 1.54) is 37.3 Å². The van der Waals surface area contributed by atoms with Crippen molar-refractivity contribution < 1.29 is 18.1 Å². The Morgan fingerprint density at radius 3 is 2.48 bits per heavy atom. The summed E-state index contributed by atoms with van der Waals surface area (Å²) in [7, 11) is -3.81. The highest BCUT2D eigenvalue weighted by Gasteiger charge is 2.21. The lowest BCUT2D eigenvalue weighted by atomic mass is 10.1. The first kappa shape index (κ1) is 20.8. The fourth-order valence-electron chi connectivity index (χ4n) is 2.37. The molecule has 0 aliphatic carbocycles. The monoisotopic (exact) mass is 411 g/mol. The third-order valence-electron chi connectivity index (χ3n) is 3.63. The molecule has 8 nitrogen and oxygen atoms in total. The summed E-state index contributed by atoms with van der Waals surface area (Å²) < 4.78 is 27.0. The lowest BCUT2D eigenvalue weighted by Gasteiger charge is -2.13. The van der Waals surface area contributed by atoms with Gasteiger partial charge in [-0.3, -0.25) is 14.9 Å². The van der Waals surface area contributed by atoms with E-state index in [1.807, 2.05) is 0 Å². The summed E-state index contributed by atoms with van der Waals surface area (Å²) in [5.41, 5.74) is 0.307. The molecule has 2 N–H and O–H groups in total. The zero-order valence-electron chi connectivity index (χ0n) is 14.8. The Balaban J connectivity index is 2.39. The molecular formula is C17H18ClN3O5S. The van der Waals surface area contributed by atoms with E-state index in [4.69, 9.17) is 11.6 Å². The predicted octanol–water partition coefficient (Wildman–Crippen LogP) is 3.50. The number of rotatable bonds is 6. The molecule has 144 valence electrons. The van der Waals surface area contributed by atoms with Crippen LogP contribution in [0.2, 0.25) is 5.02 Å². The highest BCUT2D eigenvalue weighted by atomic mass is 35.5. The van der Waals surface area contributed by atoms with Crippen LogP contribution in [0.1, 0.15) is 29.8 Å². The minimum Gasteiger partial charge on any atom is -0.321 e. The molecule has 0 atom stereocenters. The van der Waals surface area contributed by atoms with Gasteiger partial charge >= 0.3 is 0 Å². The van der Waals surface area contributed by atoms with Crippen LogP contribution in [0.4, 0.5) is 11.4 Å². The van der Waals surface area contributed by atoms with Crippen molar-refractivity contribution >= 4 is 38.9 Å². The number of nitro groups is 1. The third-order valence-corrected chi connectivity index (χ3v) is 5.62. The Hall–Kier alpha value is -2.49. The van der Waals surface area contributed by atoms with Crippen LogP contribution < -0.4 is 10.0 Å². The zero-order chi connectivity index (χ0) is 20.4. The summed E-state index contributed by atoms with van der Waals surface area (Å²) in [6.07, 6.45) is 0. The normalized spacial score (nSPS) is 11.4. The van der Waals surface area contributed by atoms with E-state index in [0.29, 0.717) is 0 Å². The van der Waals surface area contributed by atoms with E-state index in [-0.39, 0.29) is 38.5 Å². The summed E-state index contributed by atoms with van der Waals surface area (Å²) in [4.78, 5) is 23.0. The van der Waals surface area contributed by atoms with Crippen molar-refractivity contribution in [3.05, 3.63) is 62.7 Å². The number of hydrogen-bond donors (Lipinski definition) is 2. The number of amides is 1. The molecule has 1 amide bonds. The molecule has 0 aliphatic heterocycles. The average Bonchev–Trinajstić information content (AvgIpc) is 2.55. The molecular weight excluding hydrogens is 394 g/mol. The van der Waals surface area contributed by atoms with E-state index in [0.717, 1.165) is 6.07 Å². The number of carbonyl (C=O) groups is 1. The maximum Gasteiger partial charge on any atom is 0.274 e. The third kappa shape index (κ3) is 4.82. The first-order valence-electron chi connectivity index (χ1n) is 7.90. The average molecular weight is 412 g/mol. The van der Waals surface area contributed by atoms with Gasteiger partial charge in [0.05, 0.1) is 31.7 Å². The molecule has 0 saturated carbocycles. The van der Waals surface area contributed by atoms with Crippen LogP contribution in [0.25, 0.3) is 0 Å². The van der Waals surface area contributed by atoms with Crippen molar-refractivity contribution in [1.29, 1.82) is 0 Å². The number of nitrogens with zero attached hydrogens (tertiary/aromatic N) is 1. The number of nitrogens with one attached hydrogen (secondary N) is 2. The van der Waals surface area contributed by atoms with Crippen LogP contribution in [-0.4, -0.2) is 25.3 Å². The highest BCUT2D eigenvalue weighted by molar-refractivity contribution is 7.89. The second-order valence-electron chi connectivity index (χ2n) is 6.08. The highest BCUT2D eigenvalue weighted by Crippen LogP contribution is 2.27. The van der Waals surface area contributed by atoms with Gasteiger partial charge in [-0.1, -0.05) is 17.7 Å². The molecule has 0 aromatic heterocycles. The summed E-state index contributed by atoms with van der Waals surface area (Å²) in [5, 5.41) is 13.6. The number of benzene rings is 2. The van der Waals surface area contributed by atoms with Crippen molar-refractivity contribution in [3.63, 3.8) is 0 Å². The second kappa shape index (κ2) is 8.03. The molecule has 0 saturated heterocycles. The molecule has 0 heterocycles. The molecule has 0 radical (unpaired) electrons. The largest absolute Gasteiger partial charge is 0.321 e. The fourth-order valence-corrected chi connectivity index (χ4v) is 3.85. The van der Waals surface area contributed by atoms with Gasteiger partial charge < -0.3 is 5.32 Å². The smallest absolute Gasteiger partial charge is 0.274 e. The van der Waals surface area contributed by atoms with Gasteiger partial charge in [0.2, 0.25) is 10.0 Å². The summed E-state index contributed by atoms with van der Waals surface area (Å²) >= 11 is 6.05. The number of carbonyl (C=O) groups excluding carboxylic acids is 1. The second-order valence-corrected chi connectivity index (χ2v) is 8.20. The molecule has 2 aromatic rings. The Bertz CT molecular complexity index is 1010. The number of nitro benzene ring substituents is 1. The SMILES string of the molecule is Cc1c(NC(=O)c2cc(S(=O)(=O)NC(C)C)ccc2Cl)cccc1[N+](=O)[O-]. The quantitative estimate of drug-likeness (QED) is 0.557. The minimum absolute atomic E-state index is 0.0547. The predicted molar refractivity (Wildman–Crippen MR) is 103 cm³/mol. The summed E-state index contributed by atoms with van der Waals surface area (Å²) in [5.74, 6) is -0.676. The van der Waals surface area contributed by atoms with Gasteiger partial charge in [-0.05, 0) is 45.0 Å². The fraction of sp³-hybridized carbons (Fsp3) is 0.235. The lowest BCUT2D eigenvalue weighted by Crippen LogP contribution is -2.30. The Morgan fingerprint density at radius 1 is 1.22 bits per heavy atom. The maximum atomic E-state index is 12.6. The number of anilines is 1. The molecule has 10 heteroatoms. The Kier molecular flexibility index (Phi) is 6.19. The first-order chi connectivity index (χ1) is 12.5. The van der Waals surface area contributed by atoms with Crippen molar-refractivity contribution in [1.82, 2.24) is 4.72 Å². The standard InChI is InChI=1S/C17H18ClN3O5S/c1-10(2)20-27(25,26)12-7-8-14(18)13(9-12)17(22)19-15-5-4-6-16(11(15)3)21(23)24/h4-10,20H,1-3H3,(H,19,22). The van der Waals surface area contributed by atoms with Crippen LogP contribution in [-0.2, 0) is 10.0 Å². The van der Waals surface area contributed by atoms with Crippen molar-refractivity contribution in [3.8, 4) is 0 Å². The maximum absolute atomic E-state index is 12.6.